The van der Waals surface area contributed by atoms with E-state index in [1.54, 1.807) is 4.90 Å². The Balaban J connectivity index is 1.72. The highest BCUT2D eigenvalue weighted by molar-refractivity contribution is 5.93. The number of carbonyl (C=O) groups excluding carboxylic acids is 2. The molecule has 0 atom stereocenters. The van der Waals surface area contributed by atoms with Crippen LogP contribution in [0.2, 0.25) is 0 Å². The van der Waals surface area contributed by atoms with Crippen LogP contribution in [0.4, 0.5) is 0 Å². The zero-order chi connectivity index (χ0) is 19.1. The number of hydrogen-bond acceptors (Lipinski definition) is 4. The molecular weight excluding hydrogens is 336 g/mol. The molecule has 1 aromatic rings. The molecule has 2 aliphatic heterocycles. The molecule has 26 heavy (non-hydrogen) atoms. The zero-order valence-electron chi connectivity index (χ0n) is 15.6. The van der Waals surface area contributed by atoms with Crippen molar-refractivity contribution >= 4 is 11.8 Å². The van der Waals surface area contributed by atoms with E-state index in [-0.39, 0.29) is 28.8 Å². The summed E-state index contributed by atoms with van der Waals surface area (Å²) in [6.45, 7) is 5.91. The summed E-state index contributed by atoms with van der Waals surface area (Å²) in [6.07, 6.45) is 4.36. The highest BCUT2D eigenvalue weighted by atomic mass is 16.2. The highest BCUT2D eigenvalue weighted by Crippen LogP contribution is 2.40. The Morgan fingerprint density at radius 1 is 1.15 bits per heavy atom. The van der Waals surface area contributed by atoms with Gasteiger partial charge in [0.2, 0.25) is 5.91 Å². The van der Waals surface area contributed by atoms with Gasteiger partial charge in [0.15, 0.2) is 0 Å². The van der Waals surface area contributed by atoms with Crippen molar-refractivity contribution in [2.45, 2.75) is 45.6 Å². The van der Waals surface area contributed by atoms with Gasteiger partial charge in [0, 0.05) is 45.3 Å². The van der Waals surface area contributed by atoms with Gasteiger partial charge in [-0.1, -0.05) is 0 Å². The van der Waals surface area contributed by atoms with Gasteiger partial charge in [0.25, 0.3) is 11.5 Å². The van der Waals surface area contributed by atoms with Crippen molar-refractivity contribution in [1.82, 2.24) is 19.4 Å². The Labute approximate surface area is 151 Å². The number of likely N-dealkylation sites (tertiary alicyclic amines) is 2. The Morgan fingerprint density at radius 3 is 2.42 bits per heavy atom. The fourth-order valence-electron chi connectivity index (χ4n) is 3.99. The molecule has 0 radical (unpaired) electrons. The van der Waals surface area contributed by atoms with Crippen LogP contribution in [-0.2, 0) is 11.8 Å². The number of nitrogens with one attached hydrogen (secondary N) is 1. The molecule has 142 valence electrons. The van der Waals surface area contributed by atoms with E-state index >= 15 is 0 Å². The molecule has 8 heteroatoms. The van der Waals surface area contributed by atoms with Crippen LogP contribution in [0.25, 0.3) is 0 Å². The molecule has 1 aromatic heterocycles. The predicted octanol–water partition coefficient (Wildman–Crippen LogP) is 0.327. The molecule has 1 spiro atoms. The quantitative estimate of drug-likeness (QED) is 0.820. The van der Waals surface area contributed by atoms with Gasteiger partial charge in [-0.15, -0.1) is 0 Å². The number of aromatic amines is 1. The second kappa shape index (κ2) is 6.74. The molecule has 2 fully saturated rings. The molecule has 0 aliphatic carbocycles. The summed E-state index contributed by atoms with van der Waals surface area (Å²) in [5.74, 6) is -0.134. The Morgan fingerprint density at radius 2 is 1.81 bits per heavy atom. The standard InChI is InChI=1S/C18H26N4O4/c1-12(2)22-11-18(5-4-14(22)23)6-8-21(9-7-18)16(25)13-10-20(3)17(26)19-15(13)24/h10,12H,4-9,11H2,1-3H3,(H,19,24,26). The molecule has 8 nitrogen and oxygen atoms in total. The fraction of sp³-hybridized carbons (Fsp3) is 0.667. The minimum Gasteiger partial charge on any atom is -0.340 e. The molecule has 3 heterocycles. The third kappa shape index (κ3) is 3.32. The summed E-state index contributed by atoms with van der Waals surface area (Å²) in [7, 11) is 1.50. The molecular formula is C18H26N4O4. The van der Waals surface area contributed by atoms with Crippen LogP contribution in [-0.4, -0.2) is 56.8 Å². The van der Waals surface area contributed by atoms with Crippen molar-refractivity contribution in [2.24, 2.45) is 12.5 Å². The van der Waals surface area contributed by atoms with Gasteiger partial charge >= 0.3 is 5.69 Å². The van der Waals surface area contributed by atoms with E-state index in [1.165, 1.54) is 17.8 Å². The van der Waals surface area contributed by atoms with Crippen molar-refractivity contribution in [3.8, 4) is 0 Å². The van der Waals surface area contributed by atoms with Crippen LogP contribution in [0.1, 0.15) is 49.9 Å². The van der Waals surface area contributed by atoms with Crippen molar-refractivity contribution in [2.75, 3.05) is 19.6 Å². The van der Waals surface area contributed by atoms with Gasteiger partial charge in [0.05, 0.1) is 0 Å². The Hall–Kier alpha value is -2.38. The number of carbonyl (C=O) groups is 2. The molecule has 0 aromatic carbocycles. The maximum atomic E-state index is 12.7. The Bertz CT molecular complexity index is 830. The topological polar surface area (TPSA) is 95.5 Å². The monoisotopic (exact) mass is 362 g/mol. The summed E-state index contributed by atoms with van der Waals surface area (Å²) in [5.41, 5.74) is -1.13. The summed E-state index contributed by atoms with van der Waals surface area (Å²) in [4.78, 5) is 54.0. The molecule has 0 saturated carbocycles. The number of amides is 2. The number of hydrogen-bond donors (Lipinski definition) is 1. The summed E-state index contributed by atoms with van der Waals surface area (Å²) in [5, 5.41) is 0. The fourth-order valence-corrected chi connectivity index (χ4v) is 3.99. The SMILES string of the molecule is CC(C)N1CC2(CCC1=O)CCN(C(=O)c1cn(C)c(=O)[nH]c1=O)CC2. The van der Waals surface area contributed by atoms with Crippen LogP contribution < -0.4 is 11.2 Å². The lowest BCUT2D eigenvalue weighted by Crippen LogP contribution is -2.54. The van der Waals surface area contributed by atoms with Crippen LogP contribution in [0, 0.1) is 5.41 Å². The number of H-pyrrole nitrogens is 1. The summed E-state index contributed by atoms with van der Waals surface area (Å²) in [6, 6.07) is 0.184. The average Bonchev–Trinajstić information content (AvgIpc) is 2.60. The van der Waals surface area contributed by atoms with Crippen molar-refractivity contribution in [3.63, 3.8) is 0 Å². The predicted molar refractivity (Wildman–Crippen MR) is 96.0 cm³/mol. The van der Waals surface area contributed by atoms with E-state index in [0.29, 0.717) is 19.5 Å². The second-order valence-electron chi connectivity index (χ2n) is 7.82. The molecule has 1 N–H and O–H groups in total. The lowest BCUT2D eigenvalue weighted by molar-refractivity contribution is -0.141. The largest absolute Gasteiger partial charge is 0.340 e. The number of rotatable bonds is 2. The van der Waals surface area contributed by atoms with Gasteiger partial charge < -0.3 is 14.4 Å². The molecule has 2 amide bonds. The molecule has 3 rings (SSSR count). The van der Waals surface area contributed by atoms with E-state index in [2.05, 4.69) is 4.98 Å². The van der Waals surface area contributed by atoms with E-state index in [0.717, 1.165) is 25.8 Å². The third-order valence-corrected chi connectivity index (χ3v) is 5.77. The lowest BCUT2D eigenvalue weighted by atomic mass is 9.72. The van der Waals surface area contributed by atoms with Crippen molar-refractivity contribution in [1.29, 1.82) is 0 Å². The van der Waals surface area contributed by atoms with E-state index in [4.69, 9.17) is 0 Å². The van der Waals surface area contributed by atoms with Crippen LogP contribution >= 0.6 is 0 Å². The van der Waals surface area contributed by atoms with Crippen LogP contribution in [0.3, 0.4) is 0 Å². The summed E-state index contributed by atoms with van der Waals surface area (Å²) >= 11 is 0. The van der Waals surface area contributed by atoms with Gasteiger partial charge in [-0.05, 0) is 38.5 Å². The maximum Gasteiger partial charge on any atom is 0.328 e. The number of aromatic nitrogens is 2. The van der Waals surface area contributed by atoms with Gasteiger partial charge in [-0.3, -0.25) is 19.4 Å². The second-order valence-corrected chi connectivity index (χ2v) is 7.82. The highest BCUT2D eigenvalue weighted by Gasteiger charge is 2.42. The number of aryl methyl sites for hydroxylation is 1. The van der Waals surface area contributed by atoms with Gasteiger partial charge in [-0.2, -0.15) is 0 Å². The van der Waals surface area contributed by atoms with E-state index < -0.39 is 11.2 Å². The van der Waals surface area contributed by atoms with Crippen LogP contribution in [0.5, 0.6) is 0 Å². The lowest BCUT2D eigenvalue weighted by Gasteiger charge is -2.48. The van der Waals surface area contributed by atoms with Gasteiger partial charge in [0.1, 0.15) is 5.56 Å². The zero-order valence-corrected chi connectivity index (χ0v) is 15.6. The van der Waals surface area contributed by atoms with Gasteiger partial charge in [-0.25, -0.2) is 4.79 Å². The Kier molecular flexibility index (Phi) is 4.77. The first-order valence-electron chi connectivity index (χ1n) is 9.11. The molecule has 0 bridgehead atoms. The first-order valence-corrected chi connectivity index (χ1v) is 9.11. The van der Waals surface area contributed by atoms with Crippen LogP contribution in [0.15, 0.2) is 15.8 Å². The van der Waals surface area contributed by atoms with E-state index in [9.17, 15) is 19.2 Å². The third-order valence-electron chi connectivity index (χ3n) is 5.77. The minimum atomic E-state index is -0.646. The molecule has 2 aliphatic rings. The first kappa shape index (κ1) is 18.4. The average molecular weight is 362 g/mol. The molecule has 2 saturated heterocycles. The maximum absolute atomic E-state index is 12.7. The normalized spacial score (nSPS) is 20.1. The van der Waals surface area contributed by atoms with Crippen molar-refractivity contribution < 1.29 is 9.59 Å². The minimum absolute atomic E-state index is 0.00863. The van der Waals surface area contributed by atoms with E-state index in [1.807, 2.05) is 18.7 Å². The summed E-state index contributed by atoms with van der Waals surface area (Å²) < 4.78 is 1.20. The first-order chi connectivity index (χ1) is 12.2. The molecule has 0 unspecified atom stereocenters. The smallest absolute Gasteiger partial charge is 0.328 e. The number of nitrogens with zero attached hydrogens (tertiary/aromatic N) is 3. The van der Waals surface area contributed by atoms with Crippen molar-refractivity contribution in [3.05, 3.63) is 32.6 Å². The number of piperidine rings is 2.